The number of halogens is 2. The van der Waals surface area contributed by atoms with Crippen molar-refractivity contribution >= 4 is 46.1 Å². The first-order chi connectivity index (χ1) is 4.13. The predicted molar refractivity (Wildman–Crippen MR) is 38.0 cm³/mol. The van der Waals surface area contributed by atoms with E-state index in [2.05, 4.69) is 4.74 Å². The average Bonchev–Trinajstić information content (AvgIpc) is 1.98. The van der Waals surface area contributed by atoms with Crippen LogP contribution in [0.1, 0.15) is 0 Å². The van der Waals surface area contributed by atoms with E-state index in [1.54, 1.807) is 22.6 Å². The Balaban J connectivity index is 3.06. The van der Waals surface area contributed by atoms with Gasteiger partial charge < -0.3 is 4.74 Å². The number of hydrogen-bond acceptors (Lipinski definition) is 3. The van der Waals surface area contributed by atoms with Crippen LogP contribution in [0.5, 0.6) is 0 Å². The van der Waals surface area contributed by atoms with Gasteiger partial charge >= 0.3 is 11.9 Å². The van der Waals surface area contributed by atoms with Crippen molar-refractivity contribution in [2.75, 3.05) is 0 Å². The number of ether oxygens (including phenoxy) is 1. The first-order valence-corrected chi connectivity index (χ1v) is 3.40. The average molecular weight is 258 g/mol. The molecule has 0 amide bonds. The summed E-state index contributed by atoms with van der Waals surface area (Å²) in [5.41, 5.74) is 0. The summed E-state index contributed by atoms with van der Waals surface area (Å²) in [5.74, 6) is -1.42. The summed E-state index contributed by atoms with van der Waals surface area (Å²) < 4.78 is 4.25. The highest BCUT2D eigenvalue weighted by molar-refractivity contribution is 14.1. The van der Waals surface area contributed by atoms with E-state index in [0.717, 1.165) is 0 Å². The minimum Gasteiger partial charge on any atom is -0.385 e. The molecule has 1 aliphatic rings. The standard InChI is InChI=1S/C4ClIO3/c5-1-2(6)4(8)9-3(1)7. The molecule has 0 aromatic rings. The Hall–Kier alpha value is -0.100. The molecule has 0 bridgehead atoms. The van der Waals surface area contributed by atoms with E-state index in [9.17, 15) is 9.59 Å². The van der Waals surface area contributed by atoms with Gasteiger partial charge in [-0.2, -0.15) is 0 Å². The highest BCUT2D eigenvalue weighted by Gasteiger charge is 2.29. The zero-order chi connectivity index (χ0) is 7.02. The van der Waals surface area contributed by atoms with E-state index in [1.807, 2.05) is 0 Å². The van der Waals surface area contributed by atoms with Gasteiger partial charge in [0.2, 0.25) is 0 Å². The monoisotopic (exact) mass is 258 g/mol. The van der Waals surface area contributed by atoms with Gasteiger partial charge in [0.05, 0.1) is 0 Å². The van der Waals surface area contributed by atoms with Gasteiger partial charge in [-0.05, 0) is 22.6 Å². The smallest absolute Gasteiger partial charge is 0.359 e. The Morgan fingerprint density at radius 3 is 2.00 bits per heavy atom. The SMILES string of the molecule is O=C1OC(=O)C(I)=C1Cl. The number of carbonyl (C=O) groups is 2. The highest BCUT2D eigenvalue weighted by atomic mass is 127. The van der Waals surface area contributed by atoms with Crippen molar-refractivity contribution in [2.24, 2.45) is 0 Å². The van der Waals surface area contributed by atoms with Gasteiger partial charge in [-0.1, -0.05) is 11.6 Å². The van der Waals surface area contributed by atoms with Crippen molar-refractivity contribution in [3.05, 3.63) is 8.61 Å². The van der Waals surface area contributed by atoms with Crippen molar-refractivity contribution in [3.63, 3.8) is 0 Å². The molecule has 0 fully saturated rings. The zero-order valence-corrected chi connectivity index (χ0v) is 6.89. The molecule has 5 heteroatoms. The van der Waals surface area contributed by atoms with Crippen molar-refractivity contribution < 1.29 is 14.3 Å². The van der Waals surface area contributed by atoms with Crippen LogP contribution in [0.3, 0.4) is 0 Å². The van der Waals surface area contributed by atoms with Gasteiger partial charge in [0.1, 0.15) is 8.61 Å². The summed E-state index contributed by atoms with van der Waals surface area (Å²) in [6.45, 7) is 0. The van der Waals surface area contributed by atoms with Crippen LogP contribution < -0.4 is 0 Å². The van der Waals surface area contributed by atoms with Crippen LogP contribution in [0, 0.1) is 0 Å². The van der Waals surface area contributed by atoms with Crippen molar-refractivity contribution in [1.29, 1.82) is 0 Å². The van der Waals surface area contributed by atoms with E-state index in [0.29, 0.717) is 0 Å². The largest absolute Gasteiger partial charge is 0.385 e. The quantitative estimate of drug-likeness (QED) is 0.369. The fourth-order valence-corrected chi connectivity index (χ4v) is 0.799. The van der Waals surface area contributed by atoms with Gasteiger partial charge in [-0.3, -0.25) is 0 Å². The Labute approximate surface area is 69.1 Å². The lowest BCUT2D eigenvalue weighted by Gasteiger charge is -1.82. The zero-order valence-electron chi connectivity index (χ0n) is 3.98. The van der Waals surface area contributed by atoms with Gasteiger partial charge in [-0.15, -0.1) is 0 Å². The van der Waals surface area contributed by atoms with Crippen LogP contribution in [-0.2, 0) is 14.3 Å². The summed E-state index contributed by atoms with van der Waals surface area (Å²) in [5, 5.41) is -0.124. The van der Waals surface area contributed by atoms with Crippen LogP contribution in [-0.4, -0.2) is 11.9 Å². The van der Waals surface area contributed by atoms with Crippen LogP contribution in [0.15, 0.2) is 8.61 Å². The highest BCUT2D eigenvalue weighted by Crippen LogP contribution is 2.25. The molecule has 0 N–H and O–H groups in total. The van der Waals surface area contributed by atoms with E-state index < -0.39 is 11.9 Å². The van der Waals surface area contributed by atoms with E-state index >= 15 is 0 Å². The summed E-state index contributed by atoms with van der Waals surface area (Å²) in [4.78, 5) is 20.8. The summed E-state index contributed by atoms with van der Waals surface area (Å²) in [7, 11) is 0. The molecule has 0 radical (unpaired) electrons. The molecule has 0 spiro atoms. The second-order valence-corrected chi connectivity index (χ2v) is 2.76. The summed E-state index contributed by atoms with van der Waals surface area (Å²) >= 11 is 6.94. The minimum atomic E-state index is -0.758. The molecule has 0 aromatic carbocycles. The molecule has 9 heavy (non-hydrogen) atoms. The molecular weight excluding hydrogens is 258 g/mol. The molecule has 0 unspecified atom stereocenters. The number of rotatable bonds is 0. The molecule has 1 aliphatic heterocycles. The topological polar surface area (TPSA) is 43.4 Å². The Morgan fingerprint density at radius 1 is 1.33 bits per heavy atom. The molecule has 0 aromatic heterocycles. The molecule has 1 rings (SSSR count). The summed E-state index contributed by atoms with van der Waals surface area (Å²) in [6.07, 6.45) is 0. The molecule has 0 saturated heterocycles. The Kier molecular flexibility index (Phi) is 1.76. The van der Waals surface area contributed by atoms with Crippen molar-refractivity contribution in [2.45, 2.75) is 0 Å². The second kappa shape index (κ2) is 2.26. The lowest BCUT2D eigenvalue weighted by Crippen LogP contribution is -1.99. The fourth-order valence-electron chi connectivity index (χ4n) is 0.353. The van der Waals surface area contributed by atoms with Crippen molar-refractivity contribution in [1.82, 2.24) is 0 Å². The maximum absolute atomic E-state index is 10.4. The second-order valence-electron chi connectivity index (χ2n) is 1.30. The van der Waals surface area contributed by atoms with Crippen LogP contribution in [0.2, 0.25) is 0 Å². The Bertz CT molecular complexity index is 198. The van der Waals surface area contributed by atoms with E-state index in [4.69, 9.17) is 11.6 Å². The predicted octanol–water partition coefficient (Wildman–Crippen LogP) is 0.955. The lowest BCUT2D eigenvalue weighted by molar-refractivity contribution is -0.150. The van der Waals surface area contributed by atoms with Crippen molar-refractivity contribution in [3.8, 4) is 0 Å². The normalized spacial score (nSPS) is 18.9. The fraction of sp³-hybridized carbons (Fsp3) is 0. The van der Waals surface area contributed by atoms with Crippen LogP contribution >= 0.6 is 34.2 Å². The van der Waals surface area contributed by atoms with E-state index in [1.165, 1.54) is 0 Å². The molecule has 0 aliphatic carbocycles. The maximum atomic E-state index is 10.4. The molecule has 0 saturated carbocycles. The number of esters is 2. The molecular formula is C4ClIO3. The molecule has 3 nitrogen and oxygen atoms in total. The van der Waals surface area contributed by atoms with Gasteiger partial charge in [0.15, 0.2) is 0 Å². The van der Waals surface area contributed by atoms with Gasteiger partial charge in [-0.25, -0.2) is 9.59 Å². The van der Waals surface area contributed by atoms with E-state index in [-0.39, 0.29) is 8.61 Å². The number of carbonyl (C=O) groups excluding carboxylic acids is 2. The first-order valence-electron chi connectivity index (χ1n) is 1.94. The van der Waals surface area contributed by atoms with Crippen LogP contribution in [0.25, 0.3) is 0 Å². The number of cyclic esters (lactones) is 2. The molecule has 0 atom stereocenters. The van der Waals surface area contributed by atoms with Gasteiger partial charge in [0, 0.05) is 0 Å². The molecule has 48 valence electrons. The lowest BCUT2D eigenvalue weighted by atomic mass is 10.6. The minimum absolute atomic E-state index is 0.124. The molecule has 1 heterocycles. The number of hydrogen-bond donors (Lipinski definition) is 0. The third-order valence-corrected chi connectivity index (χ3v) is 2.38. The third-order valence-electron chi connectivity index (χ3n) is 0.737. The van der Waals surface area contributed by atoms with Crippen LogP contribution in [0.4, 0.5) is 0 Å². The Morgan fingerprint density at radius 2 is 1.89 bits per heavy atom. The maximum Gasteiger partial charge on any atom is 0.359 e. The summed E-state index contributed by atoms with van der Waals surface area (Å²) in [6, 6.07) is 0. The van der Waals surface area contributed by atoms with Gasteiger partial charge in [0.25, 0.3) is 0 Å². The third kappa shape index (κ3) is 1.09. The first kappa shape index (κ1) is 7.01.